The highest BCUT2D eigenvalue weighted by Gasteiger charge is 2.16. The van der Waals surface area contributed by atoms with Crippen molar-refractivity contribution in [1.82, 2.24) is 4.98 Å². The fourth-order valence-electron chi connectivity index (χ4n) is 0.816. The van der Waals surface area contributed by atoms with Gasteiger partial charge in [-0.25, -0.2) is 13.8 Å². The van der Waals surface area contributed by atoms with Crippen molar-refractivity contribution in [2.45, 2.75) is 12.3 Å². The third-order valence-electron chi connectivity index (χ3n) is 1.38. The minimum absolute atomic E-state index is 0.0119. The molecule has 0 unspecified atom stereocenters. The van der Waals surface area contributed by atoms with Gasteiger partial charge >= 0.3 is 0 Å². The van der Waals surface area contributed by atoms with Gasteiger partial charge in [-0.1, -0.05) is 11.6 Å². The first-order chi connectivity index (χ1) is 6.06. The average Bonchev–Trinajstić information content (AvgIpc) is 2.08. The lowest BCUT2D eigenvalue weighted by Crippen LogP contribution is -1.95. The van der Waals surface area contributed by atoms with Crippen LogP contribution in [0.1, 0.15) is 17.7 Å². The number of halogens is 5. The summed E-state index contributed by atoms with van der Waals surface area (Å²) in [5.41, 5.74) is 0.00667. The third-order valence-corrected chi connectivity index (χ3v) is 2.48. The molecule has 13 heavy (non-hydrogen) atoms. The van der Waals surface area contributed by atoms with Gasteiger partial charge in [0.25, 0.3) is 6.43 Å². The highest BCUT2D eigenvalue weighted by molar-refractivity contribution is 9.10. The molecule has 0 fully saturated rings. The Morgan fingerprint density at radius 3 is 2.62 bits per heavy atom. The predicted molar refractivity (Wildman–Crippen MR) is 51.5 cm³/mol. The van der Waals surface area contributed by atoms with E-state index in [1.165, 1.54) is 6.07 Å². The van der Waals surface area contributed by atoms with E-state index < -0.39 is 6.43 Å². The second kappa shape index (κ2) is 4.53. The maximum atomic E-state index is 12.3. The molecule has 0 radical (unpaired) electrons. The second-order valence-corrected chi connectivity index (χ2v) is 3.69. The van der Waals surface area contributed by atoms with Gasteiger partial charge in [0, 0.05) is 5.56 Å². The van der Waals surface area contributed by atoms with Gasteiger partial charge in [0.2, 0.25) is 0 Å². The summed E-state index contributed by atoms with van der Waals surface area (Å²) in [5, 5.41) is -0.0619. The monoisotopic (exact) mass is 289 g/mol. The third kappa shape index (κ3) is 2.51. The van der Waals surface area contributed by atoms with Crippen LogP contribution in [0.4, 0.5) is 8.78 Å². The Morgan fingerprint density at radius 2 is 2.15 bits per heavy atom. The van der Waals surface area contributed by atoms with Gasteiger partial charge < -0.3 is 0 Å². The molecular formula is C7H4BrCl2F2N. The Kier molecular flexibility index (Phi) is 3.88. The normalized spacial score (nSPS) is 10.9. The summed E-state index contributed by atoms with van der Waals surface area (Å²) in [6, 6.07) is 1.18. The molecule has 0 bridgehead atoms. The van der Waals surface area contributed by atoms with Crippen molar-refractivity contribution in [2.75, 3.05) is 0 Å². The number of alkyl halides is 3. The van der Waals surface area contributed by atoms with Crippen LogP contribution in [-0.4, -0.2) is 4.98 Å². The van der Waals surface area contributed by atoms with Gasteiger partial charge in [-0.05, 0) is 22.0 Å². The highest BCUT2D eigenvalue weighted by Crippen LogP contribution is 2.31. The minimum Gasteiger partial charge on any atom is -0.243 e. The maximum Gasteiger partial charge on any atom is 0.265 e. The van der Waals surface area contributed by atoms with Crippen LogP contribution in [0.3, 0.4) is 0 Å². The van der Waals surface area contributed by atoms with E-state index in [9.17, 15) is 8.78 Å². The first-order valence-electron chi connectivity index (χ1n) is 3.25. The largest absolute Gasteiger partial charge is 0.265 e. The van der Waals surface area contributed by atoms with Crippen LogP contribution >= 0.6 is 39.1 Å². The first-order valence-corrected chi connectivity index (χ1v) is 4.95. The SMILES string of the molecule is FC(F)c1cc(Br)nc(CCl)c1Cl. The molecule has 0 aliphatic heterocycles. The van der Waals surface area contributed by atoms with Crippen molar-refractivity contribution < 1.29 is 8.78 Å². The number of nitrogens with zero attached hydrogens (tertiary/aromatic N) is 1. The van der Waals surface area contributed by atoms with Crippen LogP contribution in [0, 0.1) is 0 Å². The lowest BCUT2D eigenvalue weighted by Gasteiger charge is -2.06. The first kappa shape index (κ1) is 11.1. The molecule has 0 aliphatic rings. The quantitative estimate of drug-likeness (QED) is 0.588. The van der Waals surface area contributed by atoms with Gasteiger partial charge in [-0.15, -0.1) is 11.6 Å². The van der Waals surface area contributed by atoms with Crippen LogP contribution in [0.5, 0.6) is 0 Å². The Balaban J connectivity index is 3.27. The predicted octanol–water partition coefficient (Wildman–Crippen LogP) is 4.17. The molecule has 0 spiro atoms. The zero-order valence-corrected chi connectivity index (χ0v) is 9.30. The molecule has 1 rings (SSSR count). The summed E-state index contributed by atoms with van der Waals surface area (Å²) >= 11 is 14.1. The Labute approximate surface area is 92.2 Å². The Hall–Kier alpha value is 0.0700. The fourth-order valence-corrected chi connectivity index (χ4v) is 1.78. The number of aromatic nitrogens is 1. The number of rotatable bonds is 2. The zero-order chi connectivity index (χ0) is 10.0. The van der Waals surface area contributed by atoms with E-state index in [4.69, 9.17) is 23.2 Å². The molecule has 1 nitrogen and oxygen atoms in total. The van der Waals surface area contributed by atoms with Crippen LogP contribution in [-0.2, 0) is 5.88 Å². The van der Waals surface area contributed by atoms with Crippen LogP contribution in [0.2, 0.25) is 5.02 Å². The van der Waals surface area contributed by atoms with Gasteiger partial charge in [-0.2, -0.15) is 0 Å². The average molecular weight is 291 g/mol. The molecule has 0 saturated carbocycles. The molecule has 0 N–H and O–H groups in total. The summed E-state index contributed by atoms with van der Waals surface area (Å²) in [7, 11) is 0. The lowest BCUT2D eigenvalue weighted by molar-refractivity contribution is 0.151. The molecular weight excluding hydrogens is 287 g/mol. The topological polar surface area (TPSA) is 12.9 Å². The standard InChI is InChI=1S/C7H4BrCl2F2N/c8-5-1-3(7(11)12)6(10)4(2-9)13-5/h1,7H,2H2. The van der Waals surface area contributed by atoms with Crippen molar-refractivity contribution in [3.8, 4) is 0 Å². The van der Waals surface area contributed by atoms with Gasteiger partial charge in [-0.3, -0.25) is 0 Å². The second-order valence-electron chi connectivity index (χ2n) is 2.23. The molecule has 0 aliphatic carbocycles. The molecule has 1 heterocycles. The van der Waals surface area contributed by atoms with E-state index in [1.807, 2.05) is 0 Å². The summed E-state index contributed by atoms with van der Waals surface area (Å²) in [4.78, 5) is 3.85. The molecule has 6 heteroatoms. The van der Waals surface area contributed by atoms with E-state index in [1.54, 1.807) is 0 Å². The molecule has 0 aromatic carbocycles. The van der Waals surface area contributed by atoms with E-state index >= 15 is 0 Å². The van der Waals surface area contributed by atoms with Gasteiger partial charge in [0.1, 0.15) is 4.60 Å². The molecule has 0 atom stereocenters. The Morgan fingerprint density at radius 1 is 1.54 bits per heavy atom. The smallest absolute Gasteiger partial charge is 0.243 e. The summed E-state index contributed by atoms with van der Waals surface area (Å²) in [5.74, 6) is 0.0119. The molecule has 0 saturated heterocycles. The van der Waals surface area contributed by atoms with E-state index in [0.717, 1.165) is 0 Å². The lowest BCUT2D eigenvalue weighted by atomic mass is 10.2. The van der Waals surface area contributed by atoms with E-state index in [-0.39, 0.29) is 22.2 Å². The summed E-state index contributed by atoms with van der Waals surface area (Å²) in [6.45, 7) is 0. The van der Waals surface area contributed by atoms with Crippen molar-refractivity contribution in [2.24, 2.45) is 0 Å². The Bertz CT molecular complexity index is 320. The summed E-state index contributed by atoms with van der Waals surface area (Å²) in [6.07, 6.45) is -2.62. The number of hydrogen-bond donors (Lipinski definition) is 0. The number of pyridine rings is 1. The summed E-state index contributed by atoms with van der Waals surface area (Å²) < 4.78 is 25.0. The van der Waals surface area contributed by atoms with Gasteiger partial charge in [0.15, 0.2) is 0 Å². The van der Waals surface area contributed by atoms with Gasteiger partial charge in [0.05, 0.1) is 16.6 Å². The fraction of sp³-hybridized carbons (Fsp3) is 0.286. The van der Waals surface area contributed by atoms with Crippen LogP contribution in [0.15, 0.2) is 10.7 Å². The maximum absolute atomic E-state index is 12.3. The van der Waals surface area contributed by atoms with Crippen LogP contribution < -0.4 is 0 Å². The molecule has 1 aromatic heterocycles. The zero-order valence-electron chi connectivity index (χ0n) is 6.20. The molecule has 1 aromatic rings. The van der Waals surface area contributed by atoms with Crippen molar-refractivity contribution in [1.29, 1.82) is 0 Å². The number of hydrogen-bond acceptors (Lipinski definition) is 1. The van der Waals surface area contributed by atoms with E-state index in [2.05, 4.69) is 20.9 Å². The molecule has 0 amide bonds. The van der Waals surface area contributed by atoms with Crippen molar-refractivity contribution in [3.63, 3.8) is 0 Å². The van der Waals surface area contributed by atoms with Crippen molar-refractivity contribution >= 4 is 39.1 Å². The van der Waals surface area contributed by atoms with E-state index in [0.29, 0.717) is 4.60 Å². The molecule has 72 valence electrons. The highest BCUT2D eigenvalue weighted by atomic mass is 79.9. The van der Waals surface area contributed by atoms with Crippen molar-refractivity contribution in [3.05, 3.63) is 26.9 Å². The van der Waals surface area contributed by atoms with Crippen LogP contribution in [0.25, 0.3) is 0 Å². The minimum atomic E-state index is -2.62.